The van der Waals surface area contributed by atoms with Gasteiger partial charge in [-0.15, -0.1) is 0 Å². The van der Waals surface area contributed by atoms with Crippen molar-refractivity contribution in [1.29, 1.82) is 0 Å². The average molecular weight is 574 g/mol. The maximum atomic E-state index is 13.8. The van der Waals surface area contributed by atoms with Crippen molar-refractivity contribution in [3.63, 3.8) is 0 Å². The van der Waals surface area contributed by atoms with E-state index in [0.29, 0.717) is 41.2 Å². The highest BCUT2D eigenvalue weighted by atomic mass is 35.5. The van der Waals surface area contributed by atoms with Crippen LogP contribution in [0, 0.1) is 11.7 Å². The number of anilines is 1. The Bertz CT molecular complexity index is 1480. The Morgan fingerprint density at radius 2 is 1.68 bits per heavy atom. The first-order valence-corrected chi connectivity index (χ1v) is 14.1. The summed E-state index contributed by atoms with van der Waals surface area (Å²) in [6, 6.07) is 12.2. The van der Waals surface area contributed by atoms with E-state index in [9.17, 15) is 23.6 Å². The van der Waals surface area contributed by atoms with E-state index < -0.39 is 34.7 Å². The zero-order valence-corrected chi connectivity index (χ0v) is 22.2. The second kappa shape index (κ2) is 9.96. The van der Waals surface area contributed by atoms with Gasteiger partial charge in [-0.3, -0.25) is 23.7 Å². The van der Waals surface area contributed by atoms with Crippen LogP contribution >= 0.6 is 34.7 Å². The van der Waals surface area contributed by atoms with Crippen LogP contribution in [0.2, 0.25) is 5.02 Å². The number of thioether (sulfide) groups is 1. The highest BCUT2D eigenvalue weighted by Gasteiger charge is 2.56. The molecular weight excluding hydrogens is 553 g/mol. The number of rotatable bonds is 4. The molecule has 2 fully saturated rings. The second-order valence-electron chi connectivity index (χ2n) is 9.20. The van der Waals surface area contributed by atoms with Crippen LogP contribution in [0.15, 0.2) is 58.4 Å². The molecule has 196 valence electrons. The van der Waals surface area contributed by atoms with Crippen LogP contribution in [0.25, 0.3) is 0 Å². The Morgan fingerprint density at radius 3 is 2.37 bits per heavy atom. The Kier molecular flexibility index (Phi) is 6.63. The highest BCUT2D eigenvalue weighted by Crippen LogP contribution is 2.53. The molecule has 2 aromatic carbocycles. The number of hydrogen-bond donors (Lipinski definition) is 0. The van der Waals surface area contributed by atoms with Gasteiger partial charge in [-0.05, 0) is 42.0 Å². The number of imide groups is 1. The summed E-state index contributed by atoms with van der Waals surface area (Å²) in [6.45, 7) is 1.62. The number of aromatic nitrogens is 1. The van der Waals surface area contributed by atoms with Gasteiger partial charge in [-0.25, -0.2) is 9.29 Å². The third-order valence-electron chi connectivity index (χ3n) is 7.02. The molecule has 38 heavy (non-hydrogen) atoms. The minimum Gasteiger partial charge on any atom is -0.378 e. The summed E-state index contributed by atoms with van der Waals surface area (Å²) in [6.07, 6.45) is 0. The predicted molar refractivity (Wildman–Crippen MR) is 141 cm³/mol. The van der Waals surface area contributed by atoms with Crippen molar-refractivity contribution < 1.29 is 23.5 Å². The van der Waals surface area contributed by atoms with Crippen LogP contribution in [-0.2, 0) is 25.7 Å². The molecule has 0 saturated carbocycles. The van der Waals surface area contributed by atoms with Crippen LogP contribution in [0.4, 0.5) is 10.1 Å². The van der Waals surface area contributed by atoms with Gasteiger partial charge in [0.2, 0.25) is 17.7 Å². The Hall–Kier alpha value is -2.99. The molecule has 6 rings (SSSR count). The van der Waals surface area contributed by atoms with Crippen LogP contribution in [0.5, 0.6) is 0 Å². The van der Waals surface area contributed by atoms with Gasteiger partial charge in [0.15, 0.2) is 0 Å². The molecule has 3 amide bonds. The molecule has 4 heterocycles. The number of morpholine rings is 1. The number of fused-ring (bicyclic) bond motifs is 2. The molecule has 0 unspecified atom stereocenters. The van der Waals surface area contributed by atoms with Gasteiger partial charge in [0.1, 0.15) is 17.6 Å². The summed E-state index contributed by atoms with van der Waals surface area (Å²) in [7, 11) is 0. The molecule has 3 aromatic rings. The van der Waals surface area contributed by atoms with E-state index >= 15 is 0 Å². The Morgan fingerprint density at radius 1 is 1.00 bits per heavy atom. The first kappa shape index (κ1) is 25.3. The van der Waals surface area contributed by atoms with Crippen molar-refractivity contribution in [1.82, 2.24) is 9.47 Å². The van der Waals surface area contributed by atoms with Gasteiger partial charge >= 0.3 is 4.87 Å². The molecule has 0 spiro atoms. The molecule has 8 nitrogen and oxygen atoms in total. The Labute approximate surface area is 229 Å². The molecule has 0 bridgehead atoms. The fourth-order valence-electron chi connectivity index (χ4n) is 5.18. The number of hydrogen-bond acceptors (Lipinski definition) is 7. The lowest BCUT2D eigenvalue weighted by Crippen LogP contribution is -2.43. The lowest BCUT2D eigenvalue weighted by molar-refractivity contribution is -0.136. The monoisotopic (exact) mass is 573 g/mol. The highest BCUT2D eigenvalue weighted by molar-refractivity contribution is 8.00. The minimum absolute atomic E-state index is 0.161. The summed E-state index contributed by atoms with van der Waals surface area (Å²) in [5.41, 5.74) is 1.02. The van der Waals surface area contributed by atoms with Crippen LogP contribution < -0.4 is 9.77 Å². The van der Waals surface area contributed by atoms with Crippen LogP contribution in [0.1, 0.15) is 16.4 Å². The molecule has 2 saturated heterocycles. The van der Waals surface area contributed by atoms with E-state index in [1.54, 1.807) is 29.2 Å². The maximum absolute atomic E-state index is 13.8. The summed E-state index contributed by atoms with van der Waals surface area (Å²) in [5, 5.41) is 0.212. The number of thiazole rings is 1. The van der Waals surface area contributed by atoms with Gasteiger partial charge in [0, 0.05) is 28.9 Å². The largest absolute Gasteiger partial charge is 0.378 e. The van der Waals surface area contributed by atoms with Crippen molar-refractivity contribution in [2.75, 3.05) is 31.2 Å². The zero-order valence-electron chi connectivity index (χ0n) is 19.8. The molecule has 0 aliphatic carbocycles. The topological polar surface area (TPSA) is 88.9 Å². The standard InChI is InChI=1S/C26H21ClFN3O5S2/c27-15-3-1-14(2-4-15)19-20-21(24(34)31(23(20)33)17-7-5-16(28)6-8-17)37-25-22(19)38-26(35)30(25)13-18(32)29-9-11-36-12-10-29/h1-8,19-21H,9-13H2/t19-,20-,21+/m0/s1. The van der Waals surface area contributed by atoms with Gasteiger partial charge in [-0.2, -0.15) is 0 Å². The van der Waals surface area contributed by atoms with Gasteiger partial charge < -0.3 is 9.64 Å². The molecule has 12 heteroatoms. The normalized spacial score (nSPS) is 22.9. The van der Waals surface area contributed by atoms with Crippen LogP contribution in [-0.4, -0.2) is 58.7 Å². The molecule has 1 aromatic heterocycles. The SMILES string of the molecule is O=C(Cn1c2c(sc1=O)[C@@H](c1ccc(Cl)cc1)[C@@H]1C(=O)N(c3ccc(F)cc3)C(=O)[C@@H]1S2)N1CCOCC1. The third kappa shape index (κ3) is 4.27. The Balaban J connectivity index is 1.43. The first-order chi connectivity index (χ1) is 18.3. The van der Waals surface area contributed by atoms with Gasteiger partial charge in [0.25, 0.3) is 0 Å². The molecule has 3 aliphatic heterocycles. The quantitative estimate of drug-likeness (QED) is 0.445. The average Bonchev–Trinajstić information content (AvgIpc) is 3.36. The third-order valence-corrected chi connectivity index (χ3v) is 9.88. The number of benzene rings is 2. The maximum Gasteiger partial charge on any atom is 0.308 e. The van der Waals surface area contributed by atoms with E-state index in [4.69, 9.17) is 16.3 Å². The number of halogens is 2. The second-order valence-corrected chi connectivity index (χ2v) is 11.8. The van der Waals surface area contributed by atoms with Crippen LogP contribution in [0.3, 0.4) is 0 Å². The van der Waals surface area contributed by atoms with Crippen molar-refractivity contribution in [3.05, 3.63) is 79.5 Å². The number of nitrogens with zero attached hydrogens (tertiary/aromatic N) is 3. The predicted octanol–water partition coefficient (Wildman–Crippen LogP) is 3.36. The van der Waals surface area contributed by atoms with E-state index in [2.05, 4.69) is 0 Å². The van der Waals surface area contributed by atoms with Crippen molar-refractivity contribution in [3.8, 4) is 0 Å². The smallest absolute Gasteiger partial charge is 0.308 e. The summed E-state index contributed by atoms with van der Waals surface area (Å²) < 4.78 is 20.3. The lowest BCUT2D eigenvalue weighted by Gasteiger charge is -2.31. The van der Waals surface area contributed by atoms with E-state index in [1.807, 2.05) is 0 Å². The van der Waals surface area contributed by atoms with Crippen molar-refractivity contribution in [2.24, 2.45) is 5.92 Å². The van der Waals surface area contributed by atoms with Gasteiger partial charge in [0.05, 0.1) is 29.8 Å². The molecule has 3 atom stereocenters. The molecule has 3 aliphatic rings. The molecular formula is C26H21ClFN3O5S2. The first-order valence-electron chi connectivity index (χ1n) is 12.0. The zero-order chi connectivity index (χ0) is 26.6. The fourth-order valence-corrected chi connectivity index (χ4v) is 8.08. The minimum atomic E-state index is -0.820. The van der Waals surface area contributed by atoms with Gasteiger partial charge in [-0.1, -0.05) is 46.8 Å². The van der Waals surface area contributed by atoms with E-state index in [0.717, 1.165) is 33.6 Å². The fraction of sp³-hybridized carbons (Fsp3) is 0.308. The number of carbonyl (C=O) groups excluding carboxylic acids is 3. The lowest BCUT2D eigenvalue weighted by atomic mass is 9.83. The summed E-state index contributed by atoms with van der Waals surface area (Å²) in [4.78, 5) is 56.8. The number of amides is 3. The summed E-state index contributed by atoms with van der Waals surface area (Å²) in [5.74, 6) is -2.91. The number of ether oxygens (including phenoxy) is 1. The molecule has 0 radical (unpaired) electrons. The summed E-state index contributed by atoms with van der Waals surface area (Å²) >= 11 is 8.26. The van der Waals surface area contributed by atoms with E-state index in [1.165, 1.54) is 28.8 Å². The van der Waals surface area contributed by atoms with Crippen molar-refractivity contribution in [2.45, 2.75) is 22.7 Å². The van der Waals surface area contributed by atoms with Crippen molar-refractivity contribution >= 4 is 58.1 Å². The van der Waals surface area contributed by atoms with E-state index in [-0.39, 0.29) is 23.0 Å². The number of carbonyl (C=O) groups is 3. The molecule has 0 N–H and O–H groups in total.